The van der Waals surface area contributed by atoms with Gasteiger partial charge in [0, 0.05) is 32.9 Å². The smallest absolute Gasteiger partial charge is 0.138 e. The third-order valence-corrected chi connectivity index (χ3v) is 2.44. The van der Waals surface area contributed by atoms with Crippen LogP contribution in [0.2, 0.25) is 0 Å². The molecular formula is C13H10N2Pb. The third kappa shape index (κ3) is 2.02. The normalized spacial score (nSPS) is 10.0. The van der Waals surface area contributed by atoms with E-state index in [1.165, 1.54) is 0 Å². The number of hydrogen-bond acceptors (Lipinski definition) is 1. The fourth-order valence-electron chi connectivity index (χ4n) is 1.69. The summed E-state index contributed by atoms with van der Waals surface area (Å²) < 4.78 is 0. The quantitative estimate of drug-likeness (QED) is 0.625. The molecule has 1 heterocycles. The zero-order valence-electron chi connectivity index (χ0n) is 8.64. The van der Waals surface area contributed by atoms with Gasteiger partial charge in [0.25, 0.3) is 0 Å². The Morgan fingerprint density at radius 1 is 0.812 bits per heavy atom. The zero-order chi connectivity index (χ0) is 10.1. The Balaban J connectivity index is 0.000000963. The Morgan fingerprint density at radius 3 is 2.25 bits per heavy atom. The van der Waals surface area contributed by atoms with Crippen LogP contribution in [0.5, 0.6) is 0 Å². The van der Waals surface area contributed by atoms with Crippen LogP contribution in [0.25, 0.3) is 22.4 Å². The molecule has 0 bridgehead atoms. The summed E-state index contributed by atoms with van der Waals surface area (Å²) in [5.74, 6) is 0.928. The second kappa shape index (κ2) is 4.78. The van der Waals surface area contributed by atoms with Crippen LogP contribution in [0.4, 0.5) is 0 Å². The minimum atomic E-state index is 0. The molecule has 76 valence electrons. The molecule has 0 aliphatic heterocycles. The van der Waals surface area contributed by atoms with Gasteiger partial charge in [-0.3, -0.25) is 0 Å². The van der Waals surface area contributed by atoms with Gasteiger partial charge in [-0.25, -0.2) is 4.98 Å². The molecule has 1 N–H and O–H groups in total. The number of nitrogens with one attached hydrogen (secondary N) is 1. The average molecular weight is 401 g/mol. The zero-order valence-corrected chi connectivity index (χ0v) is 12.5. The summed E-state index contributed by atoms with van der Waals surface area (Å²) in [7, 11) is 0. The van der Waals surface area contributed by atoms with Crippen molar-refractivity contribution in [2.45, 2.75) is 0 Å². The first-order valence-corrected chi connectivity index (χ1v) is 4.94. The number of aromatic nitrogens is 2. The second-order valence-corrected chi connectivity index (χ2v) is 3.47. The molecule has 4 radical (unpaired) electrons. The predicted octanol–water partition coefficient (Wildman–Crippen LogP) is 2.85. The van der Waals surface area contributed by atoms with Gasteiger partial charge in [-0.15, -0.1) is 0 Å². The number of nitrogens with zero attached hydrogens (tertiary/aromatic N) is 1. The van der Waals surface area contributed by atoms with E-state index in [9.17, 15) is 0 Å². The first kappa shape index (κ1) is 11.3. The van der Waals surface area contributed by atoms with Gasteiger partial charge in [-0.05, 0) is 12.1 Å². The summed E-state index contributed by atoms with van der Waals surface area (Å²) in [6.07, 6.45) is 0. The topological polar surface area (TPSA) is 28.7 Å². The van der Waals surface area contributed by atoms with Crippen LogP contribution in [0, 0.1) is 0 Å². The van der Waals surface area contributed by atoms with E-state index in [1.807, 2.05) is 42.5 Å². The summed E-state index contributed by atoms with van der Waals surface area (Å²) in [5.41, 5.74) is 3.21. The van der Waals surface area contributed by atoms with Gasteiger partial charge in [-0.1, -0.05) is 42.5 Å². The van der Waals surface area contributed by atoms with Crippen LogP contribution in [-0.2, 0) is 0 Å². The number of fused-ring (bicyclic) bond motifs is 1. The molecule has 3 rings (SSSR count). The SMILES string of the molecule is [Pb].c1ccc(-c2nc3ccccc3[nH]2)cc1. The molecule has 0 fully saturated rings. The Bertz CT molecular complexity index is 554. The minimum absolute atomic E-state index is 0. The van der Waals surface area contributed by atoms with Crippen LogP contribution in [-0.4, -0.2) is 37.3 Å². The van der Waals surface area contributed by atoms with E-state index in [2.05, 4.69) is 22.1 Å². The van der Waals surface area contributed by atoms with Gasteiger partial charge in [0.05, 0.1) is 11.0 Å². The standard InChI is InChI=1S/C13H10N2.Pb/c1-2-6-10(7-3-1)13-14-11-8-4-5-9-12(11)15-13;/h1-9H,(H,14,15);. The molecule has 0 aliphatic carbocycles. The van der Waals surface area contributed by atoms with Gasteiger partial charge >= 0.3 is 0 Å². The van der Waals surface area contributed by atoms with Crippen molar-refractivity contribution < 1.29 is 0 Å². The Morgan fingerprint density at radius 2 is 1.50 bits per heavy atom. The minimum Gasteiger partial charge on any atom is -0.338 e. The molecular weight excluding hydrogens is 391 g/mol. The monoisotopic (exact) mass is 402 g/mol. The van der Waals surface area contributed by atoms with Crippen LogP contribution in [0.3, 0.4) is 0 Å². The van der Waals surface area contributed by atoms with Gasteiger partial charge in [0.1, 0.15) is 5.82 Å². The Hall–Kier alpha value is -1.17. The molecule has 3 aromatic rings. The van der Waals surface area contributed by atoms with Crippen molar-refractivity contribution in [1.82, 2.24) is 9.97 Å². The van der Waals surface area contributed by atoms with Crippen LogP contribution >= 0.6 is 0 Å². The number of imidazole rings is 1. The number of benzene rings is 2. The Kier molecular flexibility index (Phi) is 3.38. The second-order valence-electron chi connectivity index (χ2n) is 3.47. The van der Waals surface area contributed by atoms with Gasteiger partial charge in [-0.2, -0.15) is 0 Å². The van der Waals surface area contributed by atoms with Crippen LogP contribution in [0.1, 0.15) is 0 Å². The first-order chi connectivity index (χ1) is 7.43. The molecule has 3 heteroatoms. The molecule has 0 saturated heterocycles. The summed E-state index contributed by atoms with van der Waals surface area (Å²) in [4.78, 5) is 7.83. The Labute approximate surface area is 114 Å². The van der Waals surface area contributed by atoms with Crippen LogP contribution in [0.15, 0.2) is 54.6 Å². The van der Waals surface area contributed by atoms with Crippen molar-refractivity contribution in [3.05, 3.63) is 54.6 Å². The number of hydrogen-bond donors (Lipinski definition) is 1. The molecule has 1 aromatic heterocycles. The van der Waals surface area contributed by atoms with E-state index in [0.717, 1.165) is 22.4 Å². The number of rotatable bonds is 1. The molecule has 16 heavy (non-hydrogen) atoms. The van der Waals surface area contributed by atoms with Gasteiger partial charge in [0.15, 0.2) is 0 Å². The largest absolute Gasteiger partial charge is 0.338 e. The van der Waals surface area contributed by atoms with E-state index in [0.29, 0.717) is 0 Å². The fraction of sp³-hybridized carbons (Fsp3) is 0. The van der Waals surface area contributed by atoms with Crippen molar-refractivity contribution >= 4 is 38.3 Å². The molecule has 0 unspecified atom stereocenters. The maximum Gasteiger partial charge on any atom is 0.138 e. The summed E-state index contributed by atoms with van der Waals surface area (Å²) in [5, 5.41) is 0. The first-order valence-electron chi connectivity index (χ1n) is 4.94. The average Bonchev–Trinajstić information content (AvgIpc) is 2.74. The summed E-state index contributed by atoms with van der Waals surface area (Å²) in [6.45, 7) is 0. The van der Waals surface area contributed by atoms with E-state index in [1.54, 1.807) is 0 Å². The number of aromatic amines is 1. The van der Waals surface area contributed by atoms with Gasteiger partial charge < -0.3 is 4.98 Å². The van der Waals surface area contributed by atoms with E-state index in [4.69, 9.17) is 0 Å². The molecule has 2 nitrogen and oxygen atoms in total. The maximum atomic E-state index is 4.53. The summed E-state index contributed by atoms with van der Waals surface area (Å²) in [6, 6.07) is 18.2. The number of para-hydroxylation sites is 2. The molecule has 0 atom stereocenters. The maximum absolute atomic E-state index is 4.53. The van der Waals surface area contributed by atoms with Crippen molar-refractivity contribution in [2.24, 2.45) is 0 Å². The van der Waals surface area contributed by atoms with Crippen molar-refractivity contribution in [2.75, 3.05) is 0 Å². The van der Waals surface area contributed by atoms with E-state index in [-0.39, 0.29) is 27.3 Å². The van der Waals surface area contributed by atoms with Gasteiger partial charge in [0.2, 0.25) is 0 Å². The molecule has 2 aromatic carbocycles. The van der Waals surface area contributed by atoms with Crippen LogP contribution < -0.4 is 0 Å². The molecule has 0 aliphatic rings. The van der Waals surface area contributed by atoms with Crippen molar-refractivity contribution in [3.63, 3.8) is 0 Å². The molecule has 0 amide bonds. The molecule has 0 saturated carbocycles. The van der Waals surface area contributed by atoms with Crippen molar-refractivity contribution in [1.29, 1.82) is 0 Å². The molecule has 0 spiro atoms. The van der Waals surface area contributed by atoms with Crippen molar-refractivity contribution in [3.8, 4) is 11.4 Å². The fourth-order valence-corrected chi connectivity index (χ4v) is 1.69. The predicted molar refractivity (Wildman–Crippen MR) is 67.3 cm³/mol. The van der Waals surface area contributed by atoms with E-state index >= 15 is 0 Å². The third-order valence-electron chi connectivity index (χ3n) is 2.44. The van der Waals surface area contributed by atoms with E-state index < -0.39 is 0 Å². The number of H-pyrrole nitrogens is 1. The summed E-state index contributed by atoms with van der Waals surface area (Å²) >= 11 is 0.